The zero-order chi connectivity index (χ0) is 11.6. The fourth-order valence-corrected chi connectivity index (χ4v) is 2.15. The Labute approximate surface area is 106 Å². The highest BCUT2D eigenvalue weighted by atomic mass is 35.5. The number of nitrogens with two attached hydrogens (primary N) is 1. The van der Waals surface area contributed by atoms with Gasteiger partial charge in [0.05, 0.1) is 5.41 Å². The highest BCUT2D eigenvalue weighted by Crippen LogP contribution is 2.35. The minimum atomic E-state index is -0.800. The highest BCUT2D eigenvalue weighted by Gasteiger charge is 2.41. The summed E-state index contributed by atoms with van der Waals surface area (Å²) in [5, 5.41) is 9.42. The summed E-state index contributed by atoms with van der Waals surface area (Å²) in [6.07, 6.45) is 1.04. The Balaban J connectivity index is 0.00000144. The van der Waals surface area contributed by atoms with E-state index in [-0.39, 0.29) is 12.4 Å². The molecule has 0 radical (unpaired) electrons. The van der Waals surface area contributed by atoms with Crippen LogP contribution in [0.1, 0.15) is 18.4 Å². The van der Waals surface area contributed by atoms with Gasteiger partial charge in [0.15, 0.2) is 0 Å². The molecule has 0 aromatic heterocycles. The second kappa shape index (κ2) is 5.38. The average molecular weight is 258 g/mol. The van der Waals surface area contributed by atoms with Gasteiger partial charge in [-0.2, -0.15) is 0 Å². The van der Waals surface area contributed by atoms with E-state index in [4.69, 9.17) is 10.5 Å². The third-order valence-electron chi connectivity index (χ3n) is 3.22. The number of anilines is 1. The monoisotopic (exact) mass is 257 g/mol. The van der Waals surface area contributed by atoms with Crippen molar-refractivity contribution in [2.45, 2.75) is 18.3 Å². The Morgan fingerprint density at radius 1 is 1.24 bits per heavy atom. The molecular formula is C12H16ClNO3. The lowest BCUT2D eigenvalue weighted by Gasteiger charge is -2.33. The molecule has 1 fully saturated rings. The zero-order valence-corrected chi connectivity index (χ0v) is 10.2. The number of ether oxygens (including phenoxy) is 1. The number of carboxylic acid groups (broad SMARTS) is 1. The van der Waals surface area contributed by atoms with E-state index in [0.29, 0.717) is 31.7 Å². The maximum Gasteiger partial charge on any atom is 0.314 e. The van der Waals surface area contributed by atoms with Crippen LogP contribution in [0.15, 0.2) is 24.3 Å². The highest BCUT2D eigenvalue weighted by molar-refractivity contribution is 5.85. The van der Waals surface area contributed by atoms with E-state index in [0.717, 1.165) is 5.56 Å². The molecule has 5 heteroatoms. The maximum atomic E-state index is 11.5. The summed E-state index contributed by atoms with van der Waals surface area (Å²) in [5.74, 6) is -0.777. The molecule has 0 saturated carbocycles. The fraction of sp³-hybridized carbons (Fsp3) is 0.417. The molecule has 1 heterocycles. The van der Waals surface area contributed by atoms with E-state index in [9.17, 15) is 9.90 Å². The minimum absolute atomic E-state index is 0. The van der Waals surface area contributed by atoms with E-state index < -0.39 is 11.4 Å². The van der Waals surface area contributed by atoms with Crippen molar-refractivity contribution < 1.29 is 14.6 Å². The molecule has 94 valence electrons. The molecular weight excluding hydrogens is 242 g/mol. The third kappa shape index (κ3) is 2.53. The first-order valence-corrected chi connectivity index (χ1v) is 5.32. The Morgan fingerprint density at radius 2 is 1.76 bits per heavy atom. The molecule has 1 saturated heterocycles. The van der Waals surface area contributed by atoms with Crippen molar-refractivity contribution in [3.05, 3.63) is 29.8 Å². The number of nitrogen functional groups attached to an aromatic ring is 1. The molecule has 1 aliphatic heterocycles. The summed E-state index contributed by atoms with van der Waals surface area (Å²) < 4.78 is 5.23. The maximum absolute atomic E-state index is 11.5. The molecule has 0 atom stereocenters. The first-order valence-electron chi connectivity index (χ1n) is 5.32. The van der Waals surface area contributed by atoms with Crippen LogP contribution in [0.3, 0.4) is 0 Å². The van der Waals surface area contributed by atoms with Crippen LogP contribution >= 0.6 is 12.4 Å². The van der Waals surface area contributed by atoms with Gasteiger partial charge in [0, 0.05) is 18.9 Å². The SMILES string of the molecule is Cl.Nc1ccc(C2(C(=O)O)CCOCC2)cc1. The van der Waals surface area contributed by atoms with Gasteiger partial charge in [-0.05, 0) is 30.5 Å². The number of rotatable bonds is 2. The van der Waals surface area contributed by atoms with Crippen LogP contribution in [0.4, 0.5) is 5.69 Å². The summed E-state index contributed by atoms with van der Waals surface area (Å²) in [6.45, 7) is 0.993. The van der Waals surface area contributed by atoms with E-state index in [1.807, 2.05) is 0 Å². The van der Waals surface area contributed by atoms with Crippen LogP contribution in [0.5, 0.6) is 0 Å². The van der Waals surface area contributed by atoms with Crippen molar-refractivity contribution in [1.29, 1.82) is 0 Å². The van der Waals surface area contributed by atoms with Crippen LogP contribution < -0.4 is 5.73 Å². The second-order valence-electron chi connectivity index (χ2n) is 4.12. The first-order chi connectivity index (χ1) is 7.65. The Kier molecular flexibility index (Phi) is 4.37. The smallest absolute Gasteiger partial charge is 0.314 e. The zero-order valence-electron chi connectivity index (χ0n) is 9.39. The van der Waals surface area contributed by atoms with Gasteiger partial charge in [-0.25, -0.2) is 0 Å². The molecule has 0 bridgehead atoms. The van der Waals surface area contributed by atoms with Crippen molar-refractivity contribution >= 4 is 24.1 Å². The van der Waals surface area contributed by atoms with Gasteiger partial charge in [-0.15, -0.1) is 12.4 Å². The molecule has 1 aliphatic rings. The van der Waals surface area contributed by atoms with E-state index in [2.05, 4.69) is 0 Å². The third-order valence-corrected chi connectivity index (χ3v) is 3.22. The first kappa shape index (κ1) is 13.8. The minimum Gasteiger partial charge on any atom is -0.481 e. The standard InChI is InChI=1S/C12H15NO3.ClH/c13-10-3-1-9(2-4-10)12(11(14)15)5-7-16-8-6-12;/h1-4H,5-8,13H2,(H,14,15);1H. The van der Waals surface area contributed by atoms with Crippen molar-refractivity contribution in [1.82, 2.24) is 0 Å². The predicted octanol–water partition coefficient (Wildman–Crippen LogP) is 1.82. The van der Waals surface area contributed by atoms with Crippen LogP contribution in [-0.4, -0.2) is 24.3 Å². The van der Waals surface area contributed by atoms with Crippen molar-refractivity contribution in [2.75, 3.05) is 18.9 Å². The molecule has 0 unspecified atom stereocenters. The number of benzene rings is 1. The molecule has 4 nitrogen and oxygen atoms in total. The van der Waals surface area contributed by atoms with Crippen LogP contribution in [0.2, 0.25) is 0 Å². The molecule has 2 rings (SSSR count). The predicted molar refractivity (Wildman–Crippen MR) is 67.5 cm³/mol. The molecule has 0 aliphatic carbocycles. The lowest BCUT2D eigenvalue weighted by Crippen LogP contribution is -2.41. The van der Waals surface area contributed by atoms with Crippen LogP contribution in [-0.2, 0) is 14.9 Å². The lowest BCUT2D eigenvalue weighted by atomic mass is 9.74. The summed E-state index contributed by atoms with van der Waals surface area (Å²) in [5.41, 5.74) is 6.27. The summed E-state index contributed by atoms with van der Waals surface area (Å²) in [7, 11) is 0. The number of hydrogen-bond acceptors (Lipinski definition) is 3. The Hall–Kier alpha value is -1.26. The fourth-order valence-electron chi connectivity index (χ4n) is 2.15. The van der Waals surface area contributed by atoms with E-state index in [1.165, 1.54) is 0 Å². The number of halogens is 1. The van der Waals surface area contributed by atoms with Gasteiger partial charge in [0.1, 0.15) is 0 Å². The Bertz CT molecular complexity index is 385. The second-order valence-corrected chi connectivity index (χ2v) is 4.12. The molecule has 0 spiro atoms. The van der Waals surface area contributed by atoms with Crippen molar-refractivity contribution in [3.8, 4) is 0 Å². The average Bonchev–Trinajstić information content (AvgIpc) is 2.30. The molecule has 1 aromatic carbocycles. The lowest BCUT2D eigenvalue weighted by molar-refractivity contribution is -0.147. The van der Waals surface area contributed by atoms with Crippen molar-refractivity contribution in [3.63, 3.8) is 0 Å². The molecule has 1 aromatic rings. The summed E-state index contributed by atoms with van der Waals surface area (Å²) in [4.78, 5) is 11.5. The molecule has 0 amide bonds. The van der Waals surface area contributed by atoms with Crippen LogP contribution in [0, 0.1) is 0 Å². The summed E-state index contributed by atoms with van der Waals surface area (Å²) >= 11 is 0. The summed E-state index contributed by atoms with van der Waals surface area (Å²) in [6, 6.07) is 7.09. The van der Waals surface area contributed by atoms with Gasteiger partial charge in [0.25, 0.3) is 0 Å². The van der Waals surface area contributed by atoms with Gasteiger partial charge >= 0.3 is 5.97 Å². The molecule has 17 heavy (non-hydrogen) atoms. The molecule has 3 N–H and O–H groups in total. The van der Waals surface area contributed by atoms with E-state index >= 15 is 0 Å². The normalized spacial score (nSPS) is 18.1. The number of aliphatic carboxylic acids is 1. The Morgan fingerprint density at radius 3 is 2.24 bits per heavy atom. The topological polar surface area (TPSA) is 72.6 Å². The van der Waals surface area contributed by atoms with E-state index in [1.54, 1.807) is 24.3 Å². The largest absolute Gasteiger partial charge is 0.481 e. The van der Waals surface area contributed by atoms with Gasteiger partial charge < -0.3 is 15.6 Å². The van der Waals surface area contributed by atoms with Crippen LogP contribution in [0.25, 0.3) is 0 Å². The van der Waals surface area contributed by atoms with Crippen molar-refractivity contribution in [2.24, 2.45) is 0 Å². The number of hydrogen-bond donors (Lipinski definition) is 2. The number of carboxylic acids is 1. The van der Waals surface area contributed by atoms with Gasteiger partial charge in [-0.3, -0.25) is 4.79 Å². The quantitative estimate of drug-likeness (QED) is 0.793. The number of carbonyl (C=O) groups is 1. The van der Waals surface area contributed by atoms with Gasteiger partial charge in [-0.1, -0.05) is 12.1 Å². The van der Waals surface area contributed by atoms with Gasteiger partial charge in [0.2, 0.25) is 0 Å².